The van der Waals surface area contributed by atoms with Crippen LogP contribution in [0.5, 0.6) is 0 Å². The Bertz CT molecular complexity index is 1410. The number of amides is 1. The van der Waals surface area contributed by atoms with Crippen molar-refractivity contribution in [1.82, 2.24) is 29.6 Å². The highest BCUT2D eigenvalue weighted by Gasteiger charge is 2.29. The molecule has 9 nitrogen and oxygen atoms in total. The first-order chi connectivity index (χ1) is 16.5. The van der Waals surface area contributed by atoms with Gasteiger partial charge in [0.25, 0.3) is 5.56 Å². The summed E-state index contributed by atoms with van der Waals surface area (Å²) in [6.07, 6.45) is 1.90. The van der Waals surface area contributed by atoms with Crippen LogP contribution in [0.4, 0.5) is 5.69 Å². The number of benzene rings is 2. The van der Waals surface area contributed by atoms with E-state index in [0.717, 1.165) is 24.2 Å². The van der Waals surface area contributed by atoms with E-state index in [1.54, 1.807) is 9.36 Å². The van der Waals surface area contributed by atoms with E-state index in [0.29, 0.717) is 23.1 Å². The van der Waals surface area contributed by atoms with E-state index in [2.05, 4.69) is 21.6 Å². The number of tetrazole rings is 1. The zero-order chi connectivity index (χ0) is 23.8. The fraction of sp³-hybridized carbons (Fsp3) is 0.292. The van der Waals surface area contributed by atoms with Gasteiger partial charge >= 0.3 is 0 Å². The Hall–Kier alpha value is -3.66. The fourth-order valence-corrected chi connectivity index (χ4v) is 5.24. The number of anilines is 1. The predicted octanol–water partition coefficient (Wildman–Crippen LogP) is 2.92. The van der Waals surface area contributed by atoms with Gasteiger partial charge in [0.05, 0.1) is 16.6 Å². The van der Waals surface area contributed by atoms with Crippen molar-refractivity contribution in [3.63, 3.8) is 0 Å². The number of fused-ring (bicyclic) bond motifs is 1. The molecule has 0 N–H and O–H groups in total. The molecular formula is C24H25N7O2S. The Balaban J connectivity index is 1.45. The average Bonchev–Trinajstić information content (AvgIpc) is 3.39. The van der Waals surface area contributed by atoms with Gasteiger partial charge in [-0.15, -0.1) is 5.10 Å². The van der Waals surface area contributed by atoms with Gasteiger partial charge in [-0.3, -0.25) is 14.3 Å². The second-order valence-corrected chi connectivity index (χ2v) is 9.57. The van der Waals surface area contributed by atoms with E-state index in [1.165, 1.54) is 22.0 Å². The fourth-order valence-electron chi connectivity index (χ4n) is 4.38. The SMILES string of the molecule is Cc1c(-n2nnnc2SC(C)C(=O)N2CCCc3ccccc32)c(=O)n(-c2ccccc2)n1C. The molecule has 4 aromatic rings. The smallest absolute Gasteiger partial charge is 0.297 e. The molecule has 10 heteroatoms. The highest BCUT2D eigenvalue weighted by Crippen LogP contribution is 2.31. The summed E-state index contributed by atoms with van der Waals surface area (Å²) in [5, 5.41) is 12.0. The van der Waals surface area contributed by atoms with Crippen molar-refractivity contribution in [1.29, 1.82) is 0 Å². The second kappa shape index (κ2) is 8.94. The number of thioether (sulfide) groups is 1. The molecule has 174 valence electrons. The maximum absolute atomic E-state index is 13.4. The molecule has 0 saturated heterocycles. The third-order valence-corrected chi connectivity index (χ3v) is 7.20. The molecule has 1 aliphatic rings. The molecule has 1 aliphatic heterocycles. The van der Waals surface area contributed by atoms with Crippen LogP contribution < -0.4 is 10.5 Å². The Labute approximate surface area is 201 Å². The minimum Gasteiger partial charge on any atom is -0.311 e. The summed E-state index contributed by atoms with van der Waals surface area (Å²) in [6.45, 7) is 4.39. The normalized spacial score (nSPS) is 14.1. The number of hydrogen-bond acceptors (Lipinski definition) is 6. The minimum atomic E-state index is -0.434. The summed E-state index contributed by atoms with van der Waals surface area (Å²) < 4.78 is 4.80. The van der Waals surface area contributed by atoms with E-state index in [4.69, 9.17) is 0 Å². The molecule has 0 bridgehead atoms. The van der Waals surface area contributed by atoms with Gasteiger partial charge < -0.3 is 4.90 Å². The number of nitrogens with zero attached hydrogens (tertiary/aromatic N) is 7. The van der Waals surface area contributed by atoms with Gasteiger partial charge in [0.15, 0.2) is 5.69 Å². The minimum absolute atomic E-state index is 0.00169. The van der Waals surface area contributed by atoms with Crippen molar-refractivity contribution < 1.29 is 4.79 Å². The Morgan fingerprint density at radius 1 is 1.09 bits per heavy atom. The molecule has 0 radical (unpaired) electrons. The van der Waals surface area contributed by atoms with Gasteiger partial charge in [-0.05, 0) is 60.9 Å². The van der Waals surface area contributed by atoms with E-state index in [9.17, 15) is 9.59 Å². The van der Waals surface area contributed by atoms with Crippen molar-refractivity contribution in [3.05, 3.63) is 76.2 Å². The molecule has 0 aliphatic carbocycles. The first kappa shape index (κ1) is 22.1. The number of aryl methyl sites for hydroxylation is 1. The Kier molecular flexibility index (Phi) is 5.82. The molecule has 3 heterocycles. The summed E-state index contributed by atoms with van der Waals surface area (Å²) in [6, 6.07) is 17.4. The van der Waals surface area contributed by atoms with Gasteiger partial charge in [-0.2, -0.15) is 4.68 Å². The van der Waals surface area contributed by atoms with Crippen molar-refractivity contribution in [3.8, 4) is 11.4 Å². The number of para-hydroxylation sites is 2. The van der Waals surface area contributed by atoms with Gasteiger partial charge in [0, 0.05) is 19.3 Å². The average molecular weight is 476 g/mol. The van der Waals surface area contributed by atoms with Crippen LogP contribution in [0.15, 0.2) is 64.5 Å². The van der Waals surface area contributed by atoms with Crippen LogP contribution in [0.2, 0.25) is 0 Å². The maximum Gasteiger partial charge on any atom is 0.297 e. The number of aromatic nitrogens is 6. The summed E-state index contributed by atoms with van der Waals surface area (Å²) in [5.41, 5.74) is 3.75. The van der Waals surface area contributed by atoms with Gasteiger partial charge in [0.2, 0.25) is 11.1 Å². The lowest BCUT2D eigenvalue weighted by atomic mass is 10.0. The van der Waals surface area contributed by atoms with Gasteiger partial charge in [-0.25, -0.2) is 4.68 Å². The van der Waals surface area contributed by atoms with Crippen LogP contribution in [0.1, 0.15) is 24.6 Å². The molecule has 2 aromatic heterocycles. The lowest BCUT2D eigenvalue weighted by Gasteiger charge is -2.31. The summed E-state index contributed by atoms with van der Waals surface area (Å²) in [4.78, 5) is 28.6. The molecule has 34 heavy (non-hydrogen) atoms. The van der Waals surface area contributed by atoms with Crippen LogP contribution in [0.25, 0.3) is 11.4 Å². The molecule has 0 spiro atoms. The highest BCUT2D eigenvalue weighted by atomic mass is 32.2. The predicted molar refractivity (Wildman–Crippen MR) is 131 cm³/mol. The van der Waals surface area contributed by atoms with Crippen molar-refractivity contribution in [2.75, 3.05) is 11.4 Å². The quantitative estimate of drug-likeness (QED) is 0.412. The van der Waals surface area contributed by atoms with Crippen LogP contribution in [0, 0.1) is 6.92 Å². The lowest BCUT2D eigenvalue weighted by Crippen LogP contribution is -2.40. The third kappa shape index (κ3) is 3.73. The maximum atomic E-state index is 13.4. The lowest BCUT2D eigenvalue weighted by molar-refractivity contribution is -0.117. The van der Waals surface area contributed by atoms with E-state index < -0.39 is 5.25 Å². The van der Waals surface area contributed by atoms with E-state index in [-0.39, 0.29) is 11.5 Å². The van der Waals surface area contributed by atoms with E-state index in [1.807, 2.05) is 74.3 Å². The monoisotopic (exact) mass is 475 g/mol. The molecule has 2 aromatic carbocycles. The van der Waals surface area contributed by atoms with Crippen LogP contribution >= 0.6 is 11.8 Å². The zero-order valence-electron chi connectivity index (χ0n) is 19.3. The largest absolute Gasteiger partial charge is 0.311 e. The molecule has 1 atom stereocenters. The molecule has 1 amide bonds. The van der Waals surface area contributed by atoms with Gasteiger partial charge in [0.1, 0.15) is 0 Å². The number of hydrogen-bond donors (Lipinski definition) is 0. The topological polar surface area (TPSA) is 90.8 Å². The van der Waals surface area contributed by atoms with Crippen molar-refractivity contribution in [2.45, 2.75) is 37.1 Å². The van der Waals surface area contributed by atoms with Crippen LogP contribution in [-0.4, -0.2) is 47.3 Å². The number of carbonyl (C=O) groups excluding carboxylic acids is 1. The highest BCUT2D eigenvalue weighted by molar-refractivity contribution is 8.00. The molecule has 0 saturated carbocycles. The molecule has 5 rings (SSSR count). The zero-order valence-corrected chi connectivity index (χ0v) is 20.1. The Morgan fingerprint density at radius 3 is 2.62 bits per heavy atom. The summed E-state index contributed by atoms with van der Waals surface area (Å²) in [7, 11) is 1.82. The summed E-state index contributed by atoms with van der Waals surface area (Å²) in [5.74, 6) is -0.00169. The summed E-state index contributed by atoms with van der Waals surface area (Å²) >= 11 is 1.25. The van der Waals surface area contributed by atoms with Crippen LogP contribution in [0.3, 0.4) is 0 Å². The van der Waals surface area contributed by atoms with Crippen molar-refractivity contribution >= 4 is 23.4 Å². The number of rotatable bonds is 5. The number of carbonyl (C=O) groups is 1. The second-order valence-electron chi connectivity index (χ2n) is 8.27. The first-order valence-electron chi connectivity index (χ1n) is 11.2. The molecule has 0 fully saturated rings. The third-order valence-electron chi connectivity index (χ3n) is 6.18. The molecular weight excluding hydrogens is 450 g/mol. The van der Waals surface area contributed by atoms with Crippen LogP contribution in [-0.2, 0) is 18.3 Å². The first-order valence-corrected chi connectivity index (χ1v) is 12.0. The van der Waals surface area contributed by atoms with Crippen molar-refractivity contribution in [2.24, 2.45) is 7.05 Å². The molecule has 1 unspecified atom stereocenters. The standard InChI is InChI=1S/C24H25N7O2S/c1-16-21(23(33)31(28(16)3)19-12-5-4-6-13-19)30-24(25-26-27-30)34-17(2)22(32)29-15-9-11-18-10-7-8-14-20(18)29/h4-8,10,12-14,17H,9,11,15H2,1-3H3. The van der Waals surface area contributed by atoms with E-state index >= 15 is 0 Å². The van der Waals surface area contributed by atoms with Gasteiger partial charge in [-0.1, -0.05) is 48.2 Å². The Morgan fingerprint density at radius 2 is 1.82 bits per heavy atom.